The van der Waals surface area contributed by atoms with E-state index in [2.05, 4.69) is 10.3 Å². The molecule has 1 unspecified atom stereocenters. The van der Waals surface area contributed by atoms with E-state index in [-0.39, 0.29) is 11.9 Å². The predicted octanol–water partition coefficient (Wildman–Crippen LogP) is 3.50. The van der Waals surface area contributed by atoms with Crippen LogP contribution >= 0.6 is 11.6 Å². The zero-order valence-corrected chi connectivity index (χ0v) is 15.5. The van der Waals surface area contributed by atoms with Gasteiger partial charge < -0.3 is 16.0 Å². The van der Waals surface area contributed by atoms with Crippen molar-refractivity contribution in [3.05, 3.63) is 70.7 Å². The SMILES string of the molecule is CN(C)C(CNC(=O)c1cc(N)nc2ccccc12)c1cccc(Cl)c1. The summed E-state index contributed by atoms with van der Waals surface area (Å²) in [5.41, 5.74) is 8.13. The lowest BCUT2D eigenvalue weighted by atomic mass is 10.0. The quantitative estimate of drug-likeness (QED) is 0.723. The molecule has 2 aromatic carbocycles. The molecule has 1 aromatic heterocycles. The molecule has 0 spiro atoms. The first-order chi connectivity index (χ1) is 12.5. The van der Waals surface area contributed by atoms with Crippen LogP contribution < -0.4 is 11.1 Å². The van der Waals surface area contributed by atoms with E-state index >= 15 is 0 Å². The molecular weight excluding hydrogens is 348 g/mol. The van der Waals surface area contributed by atoms with Gasteiger partial charge in [0.25, 0.3) is 5.91 Å². The molecule has 1 atom stereocenters. The van der Waals surface area contributed by atoms with Crippen LogP contribution in [0.5, 0.6) is 0 Å². The second kappa shape index (κ2) is 7.72. The van der Waals surface area contributed by atoms with Crippen molar-refractivity contribution in [1.82, 2.24) is 15.2 Å². The van der Waals surface area contributed by atoms with Gasteiger partial charge in [-0.1, -0.05) is 41.9 Å². The van der Waals surface area contributed by atoms with E-state index in [4.69, 9.17) is 17.3 Å². The molecule has 0 radical (unpaired) electrons. The largest absolute Gasteiger partial charge is 0.384 e. The number of para-hydroxylation sites is 1. The topological polar surface area (TPSA) is 71.2 Å². The number of halogens is 1. The number of fused-ring (bicyclic) bond motifs is 1. The maximum atomic E-state index is 12.8. The third-order valence-electron chi connectivity index (χ3n) is 4.29. The summed E-state index contributed by atoms with van der Waals surface area (Å²) in [7, 11) is 3.94. The maximum Gasteiger partial charge on any atom is 0.252 e. The number of likely N-dealkylation sites (N-methyl/N-ethyl adjacent to an activating group) is 1. The summed E-state index contributed by atoms with van der Waals surface area (Å²) >= 11 is 6.11. The van der Waals surface area contributed by atoms with Gasteiger partial charge in [0.1, 0.15) is 5.82 Å². The van der Waals surface area contributed by atoms with E-state index in [0.717, 1.165) is 10.9 Å². The monoisotopic (exact) mass is 368 g/mol. The number of nitrogens with zero attached hydrogens (tertiary/aromatic N) is 2. The first-order valence-electron chi connectivity index (χ1n) is 8.31. The fourth-order valence-electron chi connectivity index (χ4n) is 2.98. The average Bonchev–Trinajstić information content (AvgIpc) is 2.60. The highest BCUT2D eigenvalue weighted by Gasteiger charge is 2.18. The van der Waals surface area contributed by atoms with Crippen LogP contribution in [0.15, 0.2) is 54.6 Å². The summed E-state index contributed by atoms with van der Waals surface area (Å²) in [5.74, 6) is 0.150. The van der Waals surface area contributed by atoms with Crippen LogP contribution in [0.1, 0.15) is 22.0 Å². The lowest BCUT2D eigenvalue weighted by Gasteiger charge is -2.25. The first-order valence-corrected chi connectivity index (χ1v) is 8.69. The first kappa shape index (κ1) is 18.2. The van der Waals surface area contributed by atoms with Crippen molar-refractivity contribution in [3.63, 3.8) is 0 Å². The molecule has 3 N–H and O–H groups in total. The zero-order valence-electron chi connectivity index (χ0n) is 14.7. The van der Waals surface area contributed by atoms with Crippen LogP contribution in [0.4, 0.5) is 5.82 Å². The number of hydrogen-bond acceptors (Lipinski definition) is 4. The van der Waals surface area contributed by atoms with Crippen LogP contribution in [0.3, 0.4) is 0 Å². The van der Waals surface area contributed by atoms with Crippen molar-refractivity contribution < 1.29 is 4.79 Å². The smallest absolute Gasteiger partial charge is 0.252 e. The van der Waals surface area contributed by atoms with Crippen LogP contribution in [0, 0.1) is 0 Å². The van der Waals surface area contributed by atoms with Crippen LogP contribution in [-0.2, 0) is 0 Å². The van der Waals surface area contributed by atoms with E-state index in [0.29, 0.717) is 28.5 Å². The molecule has 1 amide bonds. The molecule has 26 heavy (non-hydrogen) atoms. The number of pyridine rings is 1. The number of nitrogens with one attached hydrogen (secondary N) is 1. The summed E-state index contributed by atoms with van der Waals surface area (Å²) in [6.45, 7) is 0.447. The Hall–Kier alpha value is -2.63. The van der Waals surface area contributed by atoms with Gasteiger partial charge in [0.05, 0.1) is 17.1 Å². The fourth-order valence-corrected chi connectivity index (χ4v) is 3.18. The Morgan fingerprint density at radius 2 is 1.96 bits per heavy atom. The van der Waals surface area contributed by atoms with Crippen molar-refractivity contribution in [1.29, 1.82) is 0 Å². The van der Waals surface area contributed by atoms with E-state index in [1.807, 2.05) is 67.5 Å². The van der Waals surface area contributed by atoms with Gasteiger partial charge in [0.2, 0.25) is 0 Å². The Morgan fingerprint density at radius 3 is 2.69 bits per heavy atom. The molecule has 134 valence electrons. The molecule has 1 heterocycles. The van der Waals surface area contributed by atoms with Gasteiger partial charge >= 0.3 is 0 Å². The molecular formula is C20H21ClN4O. The van der Waals surface area contributed by atoms with Crippen LogP contribution in [-0.4, -0.2) is 36.4 Å². The van der Waals surface area contributed by atoms with Gasteiger partial charge in [-0.15, -0.1) is 0 Å². The Kier molecular flexibility index (Phi) is 5.40. The van der Waals surface area contributed by atoms with Gasteiger partial charge in [-0.25, -0.2) is 4.98 Å². The molecule has 5 nitrogen and oxygen atoms in total. The molecule has 0 saturated heterocycles. The molecule has 0 aliphatic carbocycles. The minimum Gasteiger partial charge on any atom is -0.384 e. The number of nitrogens with two attached hydrogens (primary N) is 1. The summed E-state index contributed by atoms with van der Waals surface area (Å²) in [6.07, 6.45) is 0. The molecule has 0 saturated carbocycles. The number of benzene rings is 2. The van der Waals surface area contributed by atoms with Crippen LogP contribution in [0.2, 0.25) is 5.02 Å². The third kappa shape index (κ3) is 3.95. The number of carbonyl (C=O) groups excluding carboxylic acids is 1. The molecule has 6 heteroatoms. The number of amides is 1. The minimum absolute atomic E-state index is 0.00287. The highest BCUT2D eigenvalue weighted by Crippen LogP contribution is 2.22. The van der Waals surface area contributed by atoms with Gasteiger partial charge in [-0.05, 0) is 43.9 Å². The number of rotatable bonds is 5. The average molecular weight is 369 g/mol. The zero-order chi connectivity index (χ0) is 18.7. The van der Waals surface area contributed by atoms with E-state index in [9.17, 15) is 4.79 Å². The molecule has 0 bridgehead atoms. The number of anilines is 1. The number of carbonyl (C=O) groups is 1. The van der Waals surface area contributed by atoms with Crippen molar-refractivity contribution in [2.75, 3.05) is 26.4 Å². The Morgan fingerprint density at radius 1 is 1.19 bits per heavy atom. The molecule has 3 aromatic rings. The molecule has 0 aliphatic rings. The highest BCUT2D eigenvalue weighted by atomic mass is 35.5. The van der Waals surface area contributed by atoms with E-state index in [1.165, 1.54) is 0 Å². The van der Waals surface area contributed by atoms with Crippen molar-refractivity contribution in [2.45, 2.75) is 6.04 Å². The molecule has 0 fully saturated rings. The van der Waals surface area contributed by atoms with Gasteiger partial charge in [0.15, 0.2) is 0 Å². The van der Waals surface area contributed by atoms with Crippen molar-refractivity contribution in [2.24, 2.45) is 0 Å². The molecule has 0 aliphatic heterocycles. The predicted molar refractivity (Wildman–Crippen MR) is 106 cm³/mol. The van der Waals surface area contributed by atoms with Gasteiger partial charge in [-0.2, -0.15) is 0 Å². The van der Waals surface area contributed by atoms with Gasteiger partial charge in [0, 0.05) is 17.0 Å². The van der Waals surface area contributed by atoms with Crippen LogP contribution in [0.25, 0.3) is 10.9 Å². The Bertz CT molecular complexity index is 942. The summed E-state index contributed by atoms with van der Waals surface area (Å²) in [4.78, 5) is 19.1. The van der Waals surface area contributed by atoms with Crippen molar-refractivity contribution >= 4 is 34.2 Å². The number of nitrogen functional groups attached to an aromatic ring is 1. The second-order valence-electron chi connectivity index (χ2n) is 6.36. The standard InChI is InChI=1S/C20H21ClN4O/c1-25(2)18(13-6-5-7-14(21)10-13)12-23-20(26)16-11-19(22)24-17-9-4-3-8-15(16)17/h3-11,18H,12H2,1-2H3,(H2,22,24)(H,23,26). The summed E-state index contributed by atoms with van der Waals surface area (Å²) in [6, 6.07) is 16.7. The Balaban J connectivity index is 1.83. The number of aromatic nitrogens is 1. The highest BCUT2D eigenvalue weighted by molar-refractivity contribution is 6.30. The molecule has 3 rings (SSSR count). The third-order valence-corrected chi connectivity index (χ3v) is 4.53. The number of hydrogen-bond donors (Lipinski definition) is 2. The summed E-state index contributed by atoms with van der Waals surface area (Å²) < 4.78 is 0. The van der Waals surface area contributed by atoms with E-state index < -0.39 is 0 Å². The Labute approximate surface area is 157 Å². The fraction of sp³-hybridized carbons (Fsp3) is 0.200. The maximum absolute atomic E-state index is 12.8. The lowest BCUT2D eigenvalue weighted by Crippen LogP contribution is -2.34. The second-order valence-corrected chi connectivity index (χ2v) is 6.79. The minimum atomic E-state index is -0.177. The van der Waals surface area contributed by atoms with Crippen molar-refractivity contribution in [3.8, 4) is 0 Å². The lowest BCUT2D eigenvalue weighted by molar-refractivity contribution is 0.0943. The van der Waals surface area contributed by atoms with E-state index in [1.54, 1.807) is 6.07 Å². The summed E-state index contributed by atoms with van der Waals surface area (Å²) in [5, 5.41) is 4.47. The van der Waals surface area contributed by atoms with Gasteiger partial charge in [-0.3, -0.25) is 4.79 Å². The normalized spacial score (nSPS) is 12.3.